The first-order valence-corrected chi connectivity index (χ1v) is 7.52. The third kappa shape index (κ3) is 6.10. The average Bonchev–Trinajstić information content (AvgIpc) is 2.61. The molecule has 126 valence electrons. The van der Waals surface area contributed by atoms with E-state index >= 15 is 0 Å². The highest BCUT2D eigenvalue weighted by atomic mass is 16.7. The summed E-state index contributed by atoms with van der Waals surface area (Å²) in [6, 6.07) is 18.5. The second kappa shape index (κ2) is 9.32. The normalized spacial score (nSPS) is 10.2. The van der Waals surface area contributed by atoms with Gasteiger partial charge >= 0.3 is 12.1 Å². The highest BCUT2D eigenvalue weighted by Crippen LogP contribution is 2.08. The Morgan fingerprint density at radius 1 is 0.875 bits per heavy atom. The molecule has 0 aromatic heterocycles. The minimum atomic E-state index is -1.01. The zero-order valence-electron chi connectivity index (χ0n) is 13.1. The molecule has 0 fully saturated rings. The Morgan fingerprint density at radius 3 is 1.96 bits per heavy atom. The van der Waals surface area contributed by atoms with Crippen LogP contribution in [0.5, 0.6) is 0 Å². The summed E-state index contributed by atoms with van der Waals surface area (Å²) in [7, 11) is 0. The molecule has 1 amide bonds. The van der Waals surface area contributed by atoms with E-state index in [0.29, 0.717) is 0 Å². The SMILES string of the molecule is O=C(O)CCN(OCc1ccccc1)C(=O)OCc1ccccc1. The summed E-state index contributed by atoms with van der Waals surface area (Å²) in [5, 5.41) is 9.75. The van der Waals surface area contributed by atoms with Crippen LogP contribution in [0.3, 0.4) is 0 Å². The number of benzene rings is 2. The molecule has 0 saturated carbocycles. The van der Waals surface area contributed by atoms with E-state index in [0.717, 1.165) is 16.2 Å². The standard InChI is InChI=1S/C18H19NO5/c20-17(21)11-12-19(24-14-16-9-5-2-6-10-16)18(22)23-13-15-7-3-1-4-8-15/h1-10H,11-14H2,(H,20,21). The first kappa shape index (κ1) is 17.5. The van der Waals surface area contributed by atoms with Crippen molar-refractivity contribution in [2.75, 3.05) is 6.54 Å². The van der Waals surface area contributed by atoms with Crippen LogP contribution in [0.25, 0.3) is 0 Å². The van der Waals surface area contributed by atoms with Crippen molar-refractivity contribution in [1.82, 2.24) is 5.06 Å². The van der Waals surface area contributed by atoms with Crippen LogP contribution in [0.15, 0.2) is 60.7 Å². The number of hydrogen-bond donors (Lipinski definition) is 1. The Labute approximate surface area is 140 Å². The Morgan fingerprint density at radius 2 is 1.42 bits per heavy atom. The molecule has 6 heteroatoms. The van der Waals surface area contributed by atoms with E-state index in [4.69, 9.17) is 14.7 Å². The Balaban J connectivity index is 1.90. The van der Waals surface area contributed by atoms with Gasteiger partial charge in [-0.2, -0.15) is 5.06 Å². The molecule has 0 saturated heterocycles. The highest BCUT2D eigenvalue weighted by molar-refractivity contribution is 5.69. The van der Waals surface area contributed by atoms with Crippen LogP contribution in [0, 0.1) is 0 Å². The minimum Gasteiger partial charge on any atom is -0.481 e. The number of carboxylic acid groups (broad SMARTS) is 1. The molecule has 0 atom stereocenters. The van der Waals surface area contributed by atoms with Gasteiger partial charge in [-0.25, -0.2) is 4.79 Å². The number of carbonyl (C=O) groups excluding carboxylic acids is 1. The molecule has 0 aliphatic rings. The predicted octanol–water partition coefficient (Wildman–Crippen LogP) is 3.23. The average molecular weight is 329 g/mol. The first-order chi connectivity index (χ1) is 11.6. The molecule has 0 aliphatic heterocycles. The Hall–Kier alpha value is -2.86. The summed E-state index contributed by atoms with van der Waals surface area (Å²) in [5.41, 5.74) is 1.71. The molecule has 0 spiro atoms. The zero-order valence-corrected chi connectivity index (χ0v) is 13.1. The monoisotopic (exact) mass is 329 g/mol. The van der Waals surface area contributed by atoms with Crippen LogP contribution in [0.2, 0.25) is 0 Å². The molecular formula is C18H19NO5. The number of carboxylic acids is 1. The second-order valence-corrected chi connectivity index (χ2v) is 5.05. The third-order valence-corrected chi connectivity index (χ3v) is 3.17. The maximum absolute atomic E-state index is 12.1. The van der Waals surface area contributed by atoms with Crippen molar-refractivity contribution in [2.24, 2.45) is 0 Å². The van der Waals surface area contributed by atoms with Gasteiger partial charge in [-0.15, -0.1) is 0 Å². The van der Waals surface area contributed by atoms with Gasteiger partial charge in [0.1, 0.15) is 13.2 Å². The number of amides is 1. The lowest BCUT2D eigenvalue weighted by Crippen LogP contribution is -2.33. The molecule has 1 N–H and O–H groups in total. The number of hydrogen-bond acceptors (Lipinski definition) is 4. The molecular weight excluding hydrogens is 310 g/mol. The van der Waals surface area contributed by atoms with Gasteiger partial charge in [0.25, 0.3) is 0 Å². The van der Waals surface area contributed by atoms with Crippen molar-refractivity contribution in [3.05, 3.63) is 71.8 Å². The van der Waals surface area contributed by atoms with Crippen molar-refractivity contribution >= 4 is 12.1 Å². The maximum Gasteiger partial charge on any atom is 0.434 e. The van der Waals surface area contributed by atoms with E-state index < -0.39 is 12.1 Å². The number of nitrogens with zero attached hydrogens (tertiary/aromatic N) is 1. The summed E-state index contributed by atoms with van der Waals surface area (Å²) in [4.78, 5) is 28.3. The number of carbonyl (C=O) groups is 2. The quantitative estimate of drug-likeness (QED) is 0.753. The fraction of sp³-hybridized carbons (Fsp3) is 0.222. The fourth-order valence-electron chi connectivity index (χ4n) is 1.92. The van der Waals surface area contributed by atoms with E-state index in [9.17, 15) is 9.59 Å². The topological polar surface area (TPSA) is 76.1 Å². The minimum absolute atomic E-state index is 0.0875. The van der Waals surface area contributed by atoms with Gasteiger partial charge in [0.2, 0.25) is 0 Å². The summed E-state index contributed by atoms with van der Waals surface area (Å²) >= 11 is 0. The molecule has 2 rings (SSSR count). The highest BCUT2D eigenvalue weighted by Gasteiger charge is 2.17. The number of rotatable bonds is 8. The van der Waals surface area contributed by atoms with Crippen molar-refractivity contribution in [3.8, 4) is 0 Å². The molecule has 2 aromatic rings. The summed E-state index contributed by atoms with van der Waals surface area (Å²) in [5.74, 6) is -1.01. The maximum atomic E-state index is 12.1. The van der Waals surface area contributed by atoms with E-state index in [2.05, 4.69) is 0 Å². The molecule has 0 radical (unpaired) electrons. The lowest BCUT2D eigenvalue weighted by Gasteiger charge is -2.20. The van der Waals surface area contributed by atoms with Crippen molar-refractivity contribution in [3.63, 3.8) is 0 Å². The van der Waals surface area contributed by atoms with Gasteiger partial charge in [0, 0.05) is 0 Å². The molecule has 0 unspecified atom stereocenters. The number of aliphatic carboxylic acids is 1. The molecule has 2 aromatic carbocycles. The van der Waals surface area contributed by atoms with Crippen LogP contribution in [-0.4, -0.2) is 28.8 Å². The smallest absolute Gasteiger partial charge is 0.434 e. The van der Waals surface area contributed by atoms with Gasteiger partial charge in [0.15, 0.2) is 0 Å². The molecule has 24 heavy (non-hydrogen) atoms. The molecule has 0 bridgehead atoms. The summed E-state index contributed by atoms with van der Waals surface area (Å²) < 4.78 is 5.18. The Bertz CT molecular complexity index is 645. The lowest BCUT2D eigenvalue weighted by atomic mass is 10.2. The predicted molar refractivity (Wildman–Crippen MR) is 86.8 cm³/mol. The van der Waals surface area contributed by atoms with Crippen LogP contribution < -0.4 is 0 Å². The van der Waals surface area contributed by atoms with Gasteiger partial charge < -0.3 is 9.84 Å². The van der Waals surface area contributed by atoms with Crippen LogP contribution in [0.1, 0.15) is 17.5 Å². The van der Waals surface area contributed by atoms with Crippen molar-refractivity contribution in [2.45, 2.75) is 19.6 Å². The van der Waals surface area contributed by atoms with Crippen molar-refractivity contribution < 1.29 is 24.3 Å². The van der Waals surface area contributed by atoms with Gasteiger partial charge in [0.05, 0.1) is 13.0 Å². The summed E-state index contributed by atoms with van der Waals surface area (Å²) in [6.07, 6.45) is -0.939. The van der Waals surface area contributed by atoms with E-state index in [1.807, 2.05) is 60.7 Å². The van der Waals surface area contributed by atoms with E-state index in [-0.39, 0.29) is 26.2 Å². The van der Waals surface area contributed by atoms with Crippen molar-refractivity contribution in [1.29, 1.82) is 0 Å². The number of hydroxylamine groups is 2. The first-order valence-electron chi connectivity index (χ1n) is 7.52. The molecule has 0 heterocycles. The van der Waals surface area contributed by atoms with Crippen LogP contribution in [-0.2, 0) is 27.6 Å². The van der Waals surface area contributed by atoms with Gasteiger partial charge in [-0.05, 0) is 11.1 Å². The zero-order chi connectivity index (χ0) is 17.2. The van der Waals surface area contributed by atoms with Crippen LogP contribution in [0.4, 0.5) is 4.79 Å². The lowest BCUT2D eigenvalue weighted by molar-refractivity contribution is -0.156. The third-order valence-electron chi connectivity index (χ3n) is 3.17. The van der Waals surface area contributed by atoms with E-state index in [1.165, 1.54) is 0 Å². The fourth-order valence-corrected chi connectivity index (χ4v) is 1.92. The molecule has 0 aliphatic carbocycles. The van der Waals surface area contributed by atoms with Gasteiger partial charge in [-0.3, -0.25) is 9.63 Å². The second-order valence-electron chi connectivity index (χ2n) is 5.05. The van der Waals surface area contributed by atoms with E-state index in [1.54, 1.807) is 0 Å². The van der Waals surface area contributed by atoms with Gasteiger partial charge in [-0.1, -0.05) is 60.7 Å². The Kier molecular flexibility index (Phi) is 6.79. The van der Waals surface area contributed by atoms with Crippen LogP contribution >= 0.6 is 0 Å². The molecule has 6 nitrogen and oxygen atoms in total. The summed E-state index contributed by atoms with van der Waals surface area (Å²) in [6.45, 7) is 0.161. The number of ether oxygens (including phenoxy) is 1. The largest absolute Gasteiger partial charge is 0.481 e.